The van der Waals surface area contributed by atoms with Gasteiger partial charge in [-0.15, -0.1) is 0 Å². The standard InChI is InChI=1S/C17H24N4/c1-12(2)19-16-18-11-10-15(21-16)20-14-9-7-6-8-13(14)17(3,4)5/h6-12H,1-5H3,(H2,18,19,20,21). The number of hydrogen-bond donors (Lipinski definition) is 2. The maximum atomic E-state index is 4.50. The lowest BCUT2D eigenvalue weighted by Gasteiger charge is -2.23. The lowest BCUT2D eigenvalue weighted by molar-refractivity contribution is 0.592. The number of hydrogen-bond acceptors (Lipinski definition) is 4. The summed E-state index contributed by atoms with van der Waals surface area (Å²) in [7, 11) is 0. The molecule has 0 unspecified atom stereocenters. The molecule has 1 aromatic carbocycles. The minimum absolute atomic E-state index is 0.0790. The SMILES string of the molecule is CC(C)Nc1nccc(Nc2ccccc2C(C)(C)C)n1. The fourth-order valence-corrected chi connectivity index (χ4v) is 2.14. The Morgan fingerprint density at radius 2 is 1.76 bits per heavy atom. The van der Waals surface area contributed by atoms with Gasteiger partial charge in [0.2, 0.25) is 5.95 Å². The van der Waals surface area contributed by atoms with Crippen LogP contribution in [0.5, 0.6) is 0 Å². The zero-order valence-electron chi connectivity index (χ0n) is 13.4. The first-order valence-electron chi connectivity index (χ1n) is 7.32. The molecule has 0 aliphatic carbocycles. The number of benzene rings is 1. The highest BCUT2D eigenvalue weighted by molar-refractivity contribution is 5.62. The second-order valence-corrected chi connectivity index (χ2v) is 6.49. The second kappa shape index (κ2) is 6.12. The first-order valence-corrected chi connectivity index (χ1v) is 7.32. The van der Waals surface area contributed by atoms with Crippen LogP contribution < -0.4 is 10.6 Å². The Bertz CT molecular complexity index is 600. The van der Waals surface area contributed by atoms with Crippen LogP contribution in [0.3, 0.4) is 0 Å². The Labute approximate surface area is 127 Å². The summed E-state index contributed by atoms with van der Waals surface area (Å²) in [5.74, 6) is 1.44. The molecule has 2 aromatic rings. The minimum atomic E-state index is 0.0790. The Morgan fingerprint density at radius 3 is 2.43 bits per heavy atom. The van der Waals surface area contributed by atoms with Gasteiger partial charge in [0, 0.05) is 17.9 Å². The summed E-state index contributed by atoms with van der Waals surface area (Å²) in [6, 6.07) is 10.5. The fourth-order valence-electron chi connectivity index (χ4n) is 2.14. The molecule has 1 aromatic heterocycles. The van der Waals surface area contributed by atoms with Gasteiger partial charge in [-0.3, -0.25) is 0 Å². The van der Waals surface area contributed by atoms with Crippen molar-refractivity contribution in [2.45, 2.75) is 46.1 Å². The van der Waals surface area contributed by atoms with Crippen molar-refractivity contribution < 1.29 is 0 Å². The van der Waals surface area contributed by atoms with E-state index in [0.29, 0.717) is 12.0 Å². The lowest BCUT2D eigenvalue weighted by Crippen LogP contribution is -2.15. The average molecular weight is 284 g/mol. The van der Waals surface area contributed by atoms with Crippen LogP contribution in [-0.4, -0.2) is 16.0 Å². The van der Waals surface area contributed by atoms with Gasteiger partial charge in [0.05, 0.1) is 0 Å². The monoisotopic (exact) mass is 284 g/mol. The zero-order valence-corrected chi connectivity index (χ0v) is 13.4. The van der Waals surface area contributed by atoms with Gasteiger partial charge in [-0.05, 0) is 37.0 Å². The Morgan fingerprint density at radius 1 is 1.05 bits per heavy atom. The summed E-state index contributed by atoms with van der Waals surface area (Å²) < 4.78 is 0. The molecular formula is C17H24N4. The molecule has 0 bridgehead atoms. The van der Waals surface area contributed by atoms with Crippen LogP contribution in [0, 0.1) is 0 Å². The zero-order chi connectivity index (χ0) is 15.5. The van der Waals surface area contributed by atoms with Crippen LogP contribution in [0.4, 0.5) is 17.5 Å². The molecular weight excluding hydrogens is 260 g/mol. The van der Waals surface area contributed by atoms with Gasteiger partial charge < -0.3 is 10.6 Å². The Kier molecular flexibility index (Phi) is 4.46. The van der Waals surface area contributed by atoms with E-state index in [1.165, 1.54) is 5.56 Å². The van der Waals surface area contributed by atoms with E-state index in [0.717, 1.165) is 11.5 Å². The number of nitrogens with one attached hydrogen (secondary N) is 2. The fraction of sp³-hybridized carbons (Fsp3) is 0.412. The van der Waals surface area contributed by atoms with Crippen molar-refractivity contribution >= 4 is 17.5 Å². The highest BCUT2D eigenvalue weighted by Crippen LogP contribution is 2.30. The van der Waals surface area contributed by atoms with Crippen molar-refractivity contribution in [3.63, 3.8) is 0 Å². The molecule has 21 heavy (non-hydrogen) atoms. The molecule has 0 saturated heterocycles. The highest BCUT2D eigenvalue weighted by atomic mass is 15.1. The van der Waals surface area contributed by atoms with Crippen molar-refractivity contribution in [2.75, 3.05) is 10.6 Å². The topological polar surface area (TPSA) is 49.8 Å². The second-order valence-electron chi connectivity index (χ2n) is 6.49. The Hall–Kier alpha value is -2.10. The minimum Gasteiger partial charge on any atom is -0.352 e. The summed E-state index contributed by atoms with van der Waals surface area (Å²) in [5.41, 5.74) is 2.43. The van der Waals surface area contributed by atoms with Crippen LogP contribution in [0.15, 0.2) is 36.5 Å². The first-order chi connectivity index (χ1) is 9.86. The van der Waals surface area contributed by atoms with Crippen molar-refractivity contribution in [3.05, 3.63) is 42.1 Å². The van der Waals surface area contributed by atoms with Gasteiger partial charge in [0.1, 0.15) is 5.82 Å². The number of aromatic nitrogens is 2. The summed E-state index contributed by atoms with van der Waals surface area (Å²) in [5, 5.41) is 6.62. The van der Waals surface area contributed by atoms with Crippen molar-refractivity contribution in [3.8, 4) is 0 Å². The maximum Gasteiger partial charge on any atom is 0.224 e. The van der Waals surface area contributed by atoms with Crippen LogP contribution in [0.25, 0.3) is 0 Å². The van der Waals surface area contributed by atoms with E-state index in [9.17, 15) is 0 Å². The van der Waals surface area contributed by atoms with E-state index in [4.69, 9.17) is 0 Å². The first kappa shape index (κ1) is 15.3. The molecule has 0 atom stereocenters. The van der Waals surface area contributed by atoms with Gasteiger partial charge >= 0.3 is 0 Å². The third-order valence-electron chi connectivity index (χ3n) is 3.07. The summed E-state index contributed by atoms with van der Waals surface area (Å²) in [6.07, 6.45) is 1.76. The molecule has 1 heterocycles. The van der Waals surface area contributed by atoms with Gasteiger partial charge in [0.25, 0.3) is 0 Å². The molecule has 0 amide bonds. The lowest BCUT2D eigenvalue weighted by atomic mass is 9.86. The summed E-state index contributed by atoms with van der Waals surface area (Å²) >= 11 is 0. The van der Waals surface area contributed by atoms with Crippen LogP contribution >= 0.6 is 0 Å². The largest absolute Gasteiger partial charge is 0.352 e. The van der Waals surface area contributed by atoms with Crippen molar-refractivity contribution in [1.29, 1.82) is 0 Å². The van der Waals surface area contributed by atoms with Crippen LogP contribution in [0.1, 0.15) is 40.2 Å². The molecule has 4 nitrogen and oxygen atoms in total. The number of nitrogens with zero attached hydrogens (tertiary/aromatic N) is 2. The van der Waals surface area contributed by atoms with E-state index in [1.807, 2.05) is 12.1 Å². The average Bonchev–Trinajstić information content (AvgIpc) is 2.37. The smallest absolute Gasteiger partial charge is 0.224 e. The molecule has 2 N–H and O–H groups in total. The predicted molar refractivity (Wildman–Crippen MR) is 89.2 cm³/mol. The van der Waals surface area contributed by atoms with Gasteiger partial charge in [-0.25, -0.2) is 4.98 Å². The number of anilines is 3. The predicted octanol–water partition coefficient (Wildman–Crippen LogP) is 4.34. The van der Waals surface area contributed by atoms with E-state index in [2.05, 4.69) is 73.4 Å². The van der Waals surface area contributed by atoms with Gasteiger partial charge in [-0.1, -0.05) is 39.0 Å². The van der Waals surface area contributed by atoms with E-state index < -0.39 is 0 Å². The van der Waals surface area contributed by atoms with Crippen LogP contribution in [0.2, 0.25) is 0 Å². The molecule has 0 saturated carbocycles. The normalized spacial score (nSPS) is 11.5. The summed E-state index contributed by atoms with van der Waals surface area (Å²) in [4.78, 5) is 8.73. The summed E-state index contributed by atoms with van der Waals surface area (Å²) in [6.45, 7) is 10.8. The molecule has 0 aliphatic rings. The third-order valence-corrected chi connectivity index (χ3v) is 3.07. The van der Waals surface area contributed by atoms with E-state index in [-0.39, 0.29) is 5.41 Å². The van der Waals surface area contributed by atoms with Gasteiger partial charge in [-0.2, -0.15) is 4.98 Å². The molecule has 4 heteroatoms. The Balaban J connectivity index is 2.27. The highest BCUT2D eigenvalue weighted by Gasteiger charge is 2.17. The quantitative estimate of drug-likeness (QED) is 0.877. The third kappa shape index (κ3) is 4.18. The molecule has 0 radical (unpaired) electrons. The number of para-hydroxylation sites is 1. The molecule has 112 valence electrons. The van der Waals surface area contributed by atoms with Crippen LogP contribution in [-0.2, 0) is 5.41 Å². The van der Waals surface area contributed by atoms with E-state index in [1.54, 1.807) is 6.20 Å². The molecule has 0 aliphatic heterocycles. The van der Waals surface area contributed by atoms with Gasteiger partial charge in [0.15, 0.2) is 0 Å². The number of rotatable bonds is 4. The molecule has 0 fully saturated rings. The molecule has 2 rings (SSSR count). The van der Waals surface area contributed by atoms with Crippen molar-refractivity contribution in [1.82, 2.24) is 9.97 Å². The van der Waals surface area contributed by atoms with E-state index >= 15 is 0 Å². The maximum absolute atomic E-state index is 4.50. The van der Waals surface area contributed by atoms with Crippen molar-refractivity contribution in [2.24, 2.45) is 0 Å². The molecule has 0 spiro atoms.